The van der Waals surface area contributed by atoms with Crippen molar-refractivity contribution in [2.24, 2.45) is 5.92 Å². The third-order valence-electron chi connectivity index (χ3n) is 3.69. The van der Waals surface area contributed by atoms with Crippen molar-refractivity contribution in [2.75, 3.05) is 13.2 Å². The van der Waals surface area contributed by atoms with Crippen LogP contribution in [0.3, 0.4) is 0 Å². The fourth-order valence-corrected chi connectivity index (χ4v) is 2.37. The lowest BCUT2D eigenvalue weighted by molar-refractivity contribution is 0.251. The van der Waals surface area contributed by atoms with E-state index >= 15 is 0 Å². The molecule has 3 N–H and O–H groups in total. The summed E-state index contributed by atoms with van der Waals surface area (Å²) in [6.45, 7) is 3.72. The summed E-state index contributed by atoms with van der Waals surface area (Å²) in [7, 11) is 0. The first kappa shape index (κ1) is 14.8. The molecule has 0 aliphatic rings. The molecule has 0 aliphatic carbocycles. The SMILES string of the molecule is CCC(CCO)CNCc1cc2ccccc2[nH]c1=O. The van der Waals surface area contributed by atoms with Gasteiger partial charge in [0.05, 0.1) is 0 Å². The number of aliphatic hydroxyl groups is 1. The average molecular weight is 274 g/mol. The minimum atomic E-state index is -0.0357. The van der Waals surface area contributed by atoms with Crippen LogP contribution in [0.15, 0.2) is 35.1 Å². The number of nitrogens with one attached hydrogen (secondary N) is 2. The van der Waals surface area contributed by atoms with Crippen LogP contribution in [0.5, 0.6) is 0 Å². The second-order valence-corrected chi connectivity index (χ2v) is 5.13. The number of para-hydroxylation sites is 1. The van der Waals surface area contributed by atoms with Gasteiger partial charge in [-0.05, 0) is 36.4 Å². The lowest BCUT2D eigenvalue weighted by Crippen LogP contribution is -2.26. The highest BCUT2D eigenvalue weighted by atomic mass is 16.3. The Morgan fingerprint density at radius 3 is 2.90 bits per heavy atom. The summed E-state index contributed by atoms with van der Waals surface area (Å²) in [5.41, 5.74) is 1.59. The van der Waals surface area contributed by atoms with E-state index in [9.17, 15) is 4.79 Å². The molecule has 20 heavy (non-hydrogen) atoms. The molecule has 1 heterocycles. The minimum absolute atomic E-state index is 0.0357. The number of hydrogen-bond donors (Lipinski definition) is 3. The second kappa shape index (κ2) is 7.22. The molecule has 108 valence electrons. The smallest absolute Gasteiger partial charge is 0.252 e. The Balaban J connectivity index is 2.02. The summed E-state index contributed by atoms with van der Waals surface area (Å²) < 4.78 is 0. The number of benzene rings is 1. The van der Waals surface area contributed by atoms with E-state index < -0.39 is 0 Å². The molecule has 4 heteroatoms. The number of aliphatic hydroxyl groups excluding tert-OH is 1. The third-order valence-corrected chi connectivity index (χ3v) is 3.69. The first-order valence-electron chi connectivity index (χ1n) is 7.17. The zero-order valence-electron chi connectivity index (χ0n) is 11.9. The van der Waals surface area contributed by atoms with Crippen LogP contribution in [-0.2, 0) is 6.54 Å². The molecule has 1 atom stereocenters. The highest BCUT2D eigenvalue weighted by molar-refractivity contribution is 5.78. The van der Waals surface area contributed by atoms with Gasteiger partial charge in [0.25, 0.3) is 5.56 Å². The lowest BCUT2D eigenvalue weighted by atomic mass is 10.0. The molecule has 0 fully saturated rings. The Morgan fingerprint density at radius 2 is 2.15 bits per heavy atom. The summed E-state index contributed by atoms with van der Waals surface area (Å²) in [5.74, 6) is 0.458. The molecule has 0 spiro atoms. The van der Waals surface area contributed by atoms with Crippen LogP contribution in [0, 0.1) is 5.92 Å². The normalized spacial score (nSPS) is 12.7. The van der Waals surface area contributed by atoms with E-state index in [4.69, 9.17) is 5.11 Å². The van der Waals surface area contributed by atoms with Crippen molar-refractivity contribution in [3.63, 3.8) is 0 Å². The van der Waals surface area contributed by atoms with Gasteiger partial charge in [0.15, 0.2) is 0 Å². The zero-order chi connectivity index (χ0) is 14.4. The van der Waals surface area contributed by atoms with Crippen molar-refractivity contribution in [3.05, 3.63) is 46.2 Å². The van der Waals surface area contributed by atoms with Gasteiger partial charge < -0.3 is 15.4 Å². The second-order valence-electron chi connectivity index (χ2n) is 5.13. The van der Waals surface area contributed by atoms with Crippen LogP contribution in [0.1, 0.15) is 25.3 Å². The van der Waals surface area contributed by atoms with Crippen molar-refractivity contribution < 1.29 is 5.11 Å². The molecule has 1 aromatic carbocycles. The summed E-state index contributed by atoms with van der Waals surface area (Å²) in [5, 5.41) is 13.3. The Bertz CT molecular complexity index is 607. The number of aromatic nitrogens is 1. The standard InChI is InChI=1S/C16H22N2O2/c1-2-12(7-8-19)10-17-11-14-9-13-5-3-4-6-15(13)18-16(14)20/h3-6,9,12,17,19H,2,7-8,10-11H2,1H3,(H,18,20). The van der Waals surface area contributed by atoms with Crippen molar-refractivity contribution in [2.45, 2.75) is 26.3 Å². The quantitative estimate of drug-likeness (QED) is 0.724. The molecule has 0 aliphatic heterocycles. The largest absolute Gasteiger partial charge is 0.396 e. The minimum Gasteiger partial charge on any atom is -0.396 e. The van der Waals surface area contributed by atoms with Crippen molar-refractivity contribution in [1.29, 1.82) is 0 Å². The van der Waals surface area contributed by atoms with Crippen LogP contribution >= 0.6 is 0 Å². The molecular weight excluding hydrogens is 252 g/mol. The van der Waals surface area contributed by atoms with Gasteiger partial charge in [-0.2, -0.15) is 0 Å². The molecule has 0 bridgehead atoms. The number of H-pyrrole nitrogens is 1. The summed E-state index contributed by atoms with van der Waals surface area (Å²) in [4.78, 5) is 14.9. The predicted molar refractivity (Wildman–Crippen MR) is 81.8 cm³/mol. The molecule has 1 aromatic heterocycles. The monoisotopic (exact) mass is 274 g/mol. The summed E-state index contributed by atoms with van der Waals surface area (Å²) >= 11 is 0. The number of pyridine rings is 1. The maximum Gasteiger partial charge on any atom is 0.252 e. The molecule has 2 aromatic rings. The van der Waals surface area contributed by atoms with E-state index in [-0.39, 0.29) is 12.2 Å². The van der Waals surface area contributed by atoms with Gasteiger partial charge in [0, 0.05) is 24.2 Å². The Hall–Kier alpha value is -1.65. The Labute approximate surface area is 118 Å². The highest BCUT2D eigenvalue weighted by Crippen LogP contribution is 2.10. The molecular formula is C16H22N2O2. The van der Waals surface area contributed by atoms with Gasteiger partial charge >= 0.3 is 0 Å². The Kier molecular flexibility index (Phi) is 5.32. The zero-order valence-corrected chi connectivity index (χ0v) is 11.9. The Morgan fingerprint density at radius 1 is 1.35 bits per heavy atom. The molecule has 0 saturated carbocycles. The van der Waals surface area contributed by atoms with E-state index in [0.29, 0.717) is 12.5 Å². The van der Waals surface area contributed by atoms with Gasteiger partial charge in [0.1, 0.15) is 0 Å². The van der Waals surface area contributed by atoms with Crippen molar-refractivity contribution in [3.8, 4) is 0 Å². The molecule has 1 unspecified atom stereocenters. The van der Waals surface area contributed by atoms with Crippen molar-refractivity contribution >= 4 is 10.9 Å². The lowest BCUT2D eigenvalue weighted by Gasteiger charge is -2.14. The molecule has 0 amide bonds. The van der Waals surface area contributed by atoms with Gasteiger partial charge in [-0.3, -0.25) is 4.79 Å². The van der Waals surface area contributed by atoms with Gasteiger partial charge in [0.2, 0.25) is 0 Å². The molecule has 0 saturated heterocycles. The number of fused-ring (bicyclic) bond motifs is 1. The highest BCUT2D eigenvalue weighted by Gasteiger charge is 2.06. The van der Waals surface area contributed by atoms with E-state index in [1.165, 1.54) is 0 Å². The van der Waals surface area contributed by atoms with Gasteiger partial charge in [-0.25, -0.2) is 0 Å². The van der Waals surface area contributed by atoms with Crippen LogP contribution < -0.4 is 10.9 Å². The summed E-state index contributed by atoms with van der Waals surface area (Å²) in [6, 6.07) is 9.72. The maximum atomic E-state index is 12.0. The van der Waals surface area contributed by atoms with Crippen molar-refractivity contribution in [1.82, 2.24) is 10.3 Å². The van der Waals surface area contributed by atoms with Gasteiger partial charge in [-0.15, -0.1) is 0 Å². The fourth-order valence-electron chi connectivity index (χ4n) is 2.37. The number of rotatable bonds is 7. The number of hydrogen-bond acceptors (Lipinski definition) is 3. The van der Waals surface area contributed by atoms with Crippen LogP contribution in [-0.4, -0.2) is 23.2 Å². The van der Waals surface area contributed by atoms with Crippen LogP contribution in [0.25, 0.3) is 10.9 Å². The van der Waals surface area contributed by atoms with E-state index in [0.717, 1.165) is 35.9 Å². The van der Waals surface area contributed by atoms with Crippen LogP contribution in [0.4, 0.5) is 0 Å². The first-order valence-corrected chi connectivity index (χ1v) is 7.17. The van der Waals surface area contributed by atoms with Crippen LogP contribution in [0.2, 0.25) is 0 Å². The topological polar surface area (TPSA) is 65.1 Å². The fraction of sp³-hybridized carbons (Fsp3) is 0.438. The number of aromatic amines is 1. The first-order chi connectivity index (χ1) is 9.74. The molecule has 4 nitrogen and oxygen atoms in total. The van der Waals surface area contributed by atoms with E-state index in [1.54, 1.807) is 0 Å². The molecule has 2 rings (SSSR count). The summed E-state index contributed by atoms with van der Waals surface area (Å²) in [6.07, 6.45) is 1.83. The predicted octanol–water partition coefficient (Wildman–Crippen LogP) is 2.03. The van der Waals surface area contributed by atoms with E-state index in [1.807, 2.05) is 30.3 Å². The third kappa shape index (κ3) is 3.68. The van der Waals surface area contributed by atoms with Gasteiger partial charge in [-0.1, -0.05) is 31.5 Å². The van der Waals surface area contributed by atoms with E-state index in [2.05, 4.69) is 17.2 Å². The maximum absolute atomic E-state index is 12.0. The molecule has 0 radical (unpaired) electrons. The average Bonchev–Trinajstić information content (AvgIpc) is 2.46.